The van der Waals surface area contributed by atoms with Gasteiger partial charge in [-0.1, -0.05) is 6.92 Å². The quantitative estimate of drug-likeness (QED) is 0.718. The van der Waals surface area contributed by atoms with Crippen LogP contribution in [0.15, 0.2) is 0 Å². The van der Waals surface area contributed by atoms with Crippen molar-refractivity contribution < 1.29 is 14.6 Å². The first-order valence-electron chi connectivity index (χ1n) is 6.31. The third kappa shape index (κ3) is 4.26. The van der Waals surface area contributed by atoms with Crippen molar-refractivity contribution in [3.05, 3.63) is 0 Å². The van der Waals surface area contributed by atoms with Gasteiger partial charge in [-0.05, 0) is 32.7 Å². The van der Waals surface area contributed by atoms with Crippen molar-refractivity contribution in [2.75, 3.05) is 26.3 Å². The fraction of sp³-hybridized carbons (Fsp3) is 0.917. The summed E-state index contributed by atoms with van der Waals surface area (Å²) in [6, 6.07) is 0.470. The van der Waals surface area contributed by atoms with Gasteiger partial charge in [0.15, 0.2) is 0 Å². The standard InChI is InChI=1S/C12H24N2O3/c1-3-10-9-17-8-7-14(10)6-4-5-12(2,13)11(15)16/h10H,3-9,13H2,1-2H3,(H,15,16). The summed E-state index contributed by atoms with van der Waals surface area (Å²) in [5, 5.41) is 8.92. The molecule has 0 amide bonds. The Morgan fingerprint density at radius 2 is 2.35 bits per heavy atom. The summed E-state index contributed by atoms with van der Waals surface area (Å²) in [6.07, 6.45) is 2.39. The molecule has 0 bridgehead atoms. The van der Waals surface area contributed by atoms with Crippen molar-refractivity contribution in [1.29, 1.82) is 0 Å². The molecule has 5 heteroatoms. The Morgan fingerprint density at radius 1 is 1.65 bits per heavy atom. The van der Waals surface area contributed by atoms with Crippen molar-refractivity contribution in [3.8, 4) is 0 Å². The van der Waals surface area contributed by atoms with Crippen LogP contribution in [-0.4, -0.2) is 53.9 Å². The number of carbonyl (C=O) groups is 1. The van der Waals surface area contributed by atoms with Crippen LogP contribution >= 0.6 is 0 Å². The monoisotopic (exact) mass is 244 g/mol. The smallest absolute Gasteiger partial charge is 0.323 e. The fourth-order valence-electron chi connectivity index (χ4n) is 2.12. The number of morpholine rings is 1. The summed E-state index contributed by atoms with van der Waals surface area (Å²) in [4.78, 5) is 13.2. The lowest BCUT2D eigenvalue weighted by Gasteiger charge is -2.35. The van der Waals surface area contributed by atoms with Crippen molar-refractivity contribution in [3.63, 3.8) is 0 Å². The number of hydrogen-bond acceptors (Lipinski definition) is 4. The SMILES string of the molecule is CCC1COCCN1CCCC(C)(N)C(=O)O. The van der Waals surface area contributed by atoms with Gasteiger partial charge in [0.1, 0.15) is 5.54 Å². The Kier molecular flexibility index (Phi) is 5.36. The molecule has 1 rings (SSSR count). The number of nitrogens with zero attached hydrogens (tertiary/aromatic N) is 1. The molecule has 0 aromatic rings. The summed E-state index contributed by atoms with van der Waals surface area (Å²) in [5.41, 5.74) is 4.60. The second-order valence-corrected chi connectivity index (χ2v) is 5.00. The normalized spacial score (nSPS) is 25.5. The van der Waals surface area contributed by atoms with Gasteiger partial charge in [0.25, 0.3) is 0 Å². The summed E-state index contributed by atoms with van der Waals surface area (Å²) < 4.78 is 5.43. The zero-order valence-electron chi connectivity index (χ0n) is 10.8. The molecule has 5 nitrogen and oxygen atoms in total. The Balaban J connectivity index is 2.32. The number of carboxylic acid groups (broad SMARTS) is 1. The van der Waals surface area contributed by atoms with E-state index in [0.717, 1.165) is 39.1 Å². The topological polar surface area (TPSA) is 75.8 Å². The summed E-state index contributed by atoms with van der Waals surface area (Å²) in [6.45, 7) is 7.13. The third-order valence-electron chi connectivity index (χ3n) is 3.45. The van der Waals surface area contributed by atoms with E-state index in [-0.39, 0.29) is 0 Å². The Labute approximate surface area is 103 Å². The third-order valence-corrected chi connectivity index (χ3v) is 3.45. The van der Waals surface area contributed by atoms with E-state index in [1.54, 1.807) is 6.92 Å². The molecule has 0 aliphatic carbocycles. The fourth-order valence-corrected chi connectivity index (χ4v) is 2.12. The van der Waals surface area contributed by atoms with E-state index in [1.807, 2.05) is 0 Å². The minimum Gasteiger partial charge on any atom is -0.480 e. The molecule has 0 aromatic carbocycles. The van der Waals surface area contributed by atoms with Gasteiger partial charge in [0.2, 0.25) is 0 Å². The molecule has 0 aromatic heterocycles. The van der Waals surface area contributed by atoms with E-state index in [1.165, 1.54) is 0 Å². The number of nitrogens with two attached hydrogens (primary N) is 1. The Morgan fingerprint density at radius 3 is 2.94 bits per heavy atom. The zero-order chi connectivity index (χ0) is 12.9. The van der Waals surface area contributed by atoms with Crippen molar-refractivity contribution in [2.24, 2.45) is 5.73 Å². The largest absolute Gasteiger partial charge is 0.480 e. The van der Waals surface area contributed by atoms with Gasteiger partial charge in [0, 0.05) is 12.6 Å². The van der Waals surface area contributed by atoms with Crippen LogP contribution in [0.4, 0.5) is 0 Å². The van der Waals surface area contributed by atoms with E-state index in [2.05, 4.69) is 11.8 Å². The average Bonchev–Trinajstić information content (AvgIpc) is 2.29. The second-order valence-electron chi connectivity index (χ2n) is 5.00. The molecule has 1 aliphatic heterocycles. The molecular formula is C12H24N2O3. The Hall–Kier alpha value is -0.650. The summed E-state index contributed by atoms with van der Waals surface area (Å²) in [7, 11) is 0. The minimum atomic E-state index is -1.10. The highest BCUT2D eigenvalue weighted by Gasteiger charge is 2.28. The maximum atomic E-state index is 10.9. The van der Waals surface area contributed by atoms with Gasteiger partial charge < -0.3 is 15.6 Å². The molecule has 1 aliphatic rings. The van der Waals surface area contributed by atoms with E-state index < -0.39 is 11.5 Å². The number of carboxylic acids is 1. The predicted molar refractivity (Wildman–Crippen MR) is 65.9 cm³/mol. The molecule has 1 fully saturated rings. The van der Waals surface area contributed by atoms with Gasteiger partial charge >= 0.3 is 5.97 Å². The predicted octanol–water partition coefficient (Wildman–Crippen LogP) is 0.679. The maximum absolute atomic E-state index is 10.9. The van der Waals surface area contributed by atoms with Crippen molar-refractivity contribution >= 4 is 5.97 Å². The Bertz CT molecular complexity index is 256. The highest BCUT2D eigenvalue weighted by molar-refractivity contribution is 5.77. The molecule has 2 atom stereocenters. The molecule has 100 valence electrons. The highest BCUT2D eigenvalue weighted by Crippen LogP contribution is 2.14. The van der Waals surface area contributed by atoms with Gasteiger partial charge in [0.05, 0.1) is 13.2 Å². The number of aliphatic carboxylic acids is 1. The van der Waals surface area contributed by atoms with Crippen LogP contribution < -0.4 is 5.73 Å². The van der Waals surface area contributed by atoms with Crippen LogP contribution in [0.3, 0.4) is 0 Å². The van der Waals surface area contributed by atoms with E-state index >= 15 is 0 Å². The summed E-state index contributed by atoms with van der Waals surface area (Å²) >= 11 is 0. The van der Waals surface area contributed by atoms with E-state index in [0.29, 0.717) is 12.5 Å². The van der Waals surface area contributed by atoms with Crippen LogP contribution in [0.2, 0.25) is 0 Å². The van der Waals surface area contributed by atoms with Crippen molar-refractivity contribution in [1.82, 2.24) is 4.90 Å². The van der Waals surface area contributed by atoms with Gasteiger partial charge in [-0.3, -0.25) is 9.69 Å². The molecule has 17 heavy (non-hydrogen) atoms. The number of ether oxygens (including phenoxy) is 1. The lowest BCUT2D eigenvalue weighted by Crippen LogP contribution is -2.48. The molecular weight excluding hydrogens is 220 g/mol. The first-order valence-corrected chi connectivity index (χ1v) is 6.31. The molecule has 0 saturated carbocycles. The first kappa shape index (κ1) is 14.4. The number of rotatable bonds is 6. The highest BCUT2D eigenvalue weighted by atomic mass is 16.5. The van der Waals surface area contributed by atoms with Crippen LogP contribution in [-0.2, 0) is 9.53 Å². The van der Waals surface area contributed by atoms with Gasteiger partial charge in [-0.25, -0.2) is 0 Å². The number of hydrogen-bond donors (Lipinski definition) is 2. The van der Waals surface area contributed by atoms with E-state index in [4.69, 9.17) is 15.6 Å². The lowest BCUT2D eigenvalue weighted by molar-refractivity contribution is -0.143. The van der Waals surface area contributed by atoms with Crippen molar-refractivity contribution in [2.45, 2.75) is 44.7 Å². The molecule has 0 spiro atoms. The molecule has 1 saturated heterocycles. The average molecular weight is 244 g/mol. The summed E-state index contributed by atoms with van der Waals surface area (Å²) in [5.74, 6) is -0.925. The first-order chi connectivity index (χ1) is 7.97. The molecule has 2 unspecified atom stereocenters. The van der Waals surface area contributed by atoms with E-state index in [9.17, 15) is 4.79 Å². The lowest BCUT2D eigenvalue weighted by atomic mass is 9.97. The van der Waals surface area contributed by atoms with Gasteiger partial charge in [-0.15, -0.1) is 0 Å². The van der Waals surface area contributed by atoms with Crippen LogP contribution in [0, 0.1) is 0 Å². The zero-order valence-corrected chi connectivity index (χ0v) is 10.8. The molecule has 3 N–H and O–H groups in total. The molecule has 0 radical (unpaired) electrons. The van der Waals surface area contributed by atoms with Crippen LogP contribution in [0.25, 0.3) is 0 Å². The molecule has 1 heterocycles. The van der Waals surface area contributed by atoms with Crippen LogP contribution in [0.5, 0.6) is 0 Å². The van der Waals surface area contributed by atoms with Crippen LogP contribution in [0.1, 0.15) is 33.1 Å². The minimum absolute atomic E-state index is 0.470. The maximum Gasteiger partial charge on any atom is 0.323 e. The van der Waals surface area contributed by atoms with Gasteiger partial charge in [-0.2, -0.15) is 0 Å². The second kappa shape index (κ2) is 6.33.